The van der Waals surface area contributed by atoms with Gasteiger partial charge in [-0.15, -0.1) is 0 Å². The van der Waals surface area contributed by atoms with Gasteiger partial charge in [0.25, 0.3) is 0 Å². The number of carbonyl (C=O) groups excluding carboxylic acids is 2. The van der Waals surface area contributed by atoms with Crippen LogP contribution in [0.5, 0.6) is 0 Å². The number of rotatable bonds is 4. The number of aromatic nitrogens is 2. The second-order valence-corrected chi connectivity index (χ2v) is 4.95. The molecule has 1 aliphatic heterocycles. The van der Waals surface area contributed by atoms with Crippen LogP contribution in [-0.4, -0.2) is 39.6 Å². The van der Waals surface area contributed by atoms with Gasteiger partial charge >= 0.3 is 0 Å². The fraction of sp³-hybridized carbons (Fsp3) is 0.615. The Morgan fingerprint density at radius 1 is 1.58 bits per heavy atom. The van der Waals surface area contributed by atoms with Crippen LogP contribution in [0.15, 0.2) is 6.07 Å². The molecule has 1 saturated heterocycles. The summed E-state index contributed by atoms with van der Waals surface area (Å²) in [6.45, 7) is 5.50. The molecule has 0 aliphatic carbocycles. The van der Waals surface area contributed by atoms with E-state index in [1.807, 2.05) is 27.0 Å². The molecule has 1 unspecified atom stereocenters. The molecule has 19 heavy (non-hydrogen) atoms. The summed E-state index contributed by atoms with van der Waals surface area (Å²) >= 11 is 0. The van der Waals surface area contributed by atoms with Gasteiger partial charge in [-0.2, -0.15) is 5.10 Å². The first-order valence-electron chi connectivity index (χ1n) is 6.56. The number of hydrogen-bond acceptors (Lipinski definition) is 3. The maximum absolute atomic E-state index is 12.0. The highest BCUT2D eigenvalue weighted by Gasteiger charge is 2.33. The third-order valence-corrected chi connectivity index (χ3v) is 3.51. The van der Waals surface area contributed by atoms with Gasteiger partial charge in [0.1, 0.15) is 0 Å². The topological polar surface area (TPSA) is 67.2 Å². The van der Waals surface area contributed by atoms with E-state index in [0.29, 0.717) is 26.1 Å². The summed E-state index contributed by atoms with van der Waals surface area (Å²) < 4.78 is 1.76. The minimum Gasteiger partial charge on any atom is -0.350 e. The van der Waals surface area contributed by atoms with Crippen molar-refractivity contribution < 1.29 is 9.59 Å². The Bertz CT molecular complexity index is 495. The highest BCUT2D eigenvalue weighted by atomic mass is 16.2. The Hall–Kier alpha value is -1.85. The smallest absolute Gasteiger partial charge is 0.225 e. The molecule has 2 amide bonds. The molecule has 1 aromatic heterocycles. The van der Waals surface area contributed by atoms with Crippen LogP contribution < -0.4 is 5.32 Å². The lowest BCUT2D eigenvalue weighted by Crippen LogP contribution is -2.33. The fourth-order valence-electron chi connectivity index (χ4n) is 2.41. The van der Waals surface area contributed by atoms with Gasteiger partial charge in [0, 0.05) is 26.6 Å². The second kappa shape index (κ2) is 5.42. The lowest BCUT2D eigenvalue weighted by Gasteiger charge is -2.13. The molecule has 6 heteroatoms. The van der Waals surface area contributed by atoms with E-state index in [1.54, 1.807) is 9.58 Å². The number of nitrogens with zero attached hydrogens (tertiary/aromatic N) is 3. The van der Waals surface area contributed by atoms with Crippen molar-refractivity contribution in [1.29, 1.82) is 0 Å². The minimum atomic E-state index is -0.221. The van der Waals surface area contributed by atoms with Crippen LogP contribution in [0.1, 0.15) is 24.7 Å². The average Bonchev–Trinajstić information content (AvgIpc) is 2.89. The van der Waals surface area contributed by atoms with E-state index < -0.39 is 0 Å². The summed E-state index contributed by atoms with van der Waals surface area (Å²) in [5.74, 6) is -0.205. The lowest BCUT2D eigenvalue weighted by atomic mass is 10.1. The molecule has 6 nitrogen and oxygen atoms in total. The number of hydrogen-bond donors (Lipinski definition) is 1. The van der Waals surface area contributed by atoms with Crippen LogP contribution in [0.4, 0.5) is 0 Å². The van der Waals surface area contributed by atoms with Crippen LogP contribution in [0.25, 0.3) is 0 Å². The summed E-state index contributed by atoms with van der Waals surface area (Å²) in [6.07, 6.45) is 0.324. The zero-order valence-electron chi connectivity index (χ0n) is 11.6. The van der Waals surface area contributed by atoms with Gasteiger partial charge in [-0.05, 0) is 19.9 Å². The van der Waals surface area contributed by atoms with Gasteiger partial charge in [0.2, 0.25) is 11.8 Å². The molecule has 104 valence electrons. The number of carbonyl (C=O) groups is 2. The van der Waals surface area contributed by atoms with Crippen molar-refractivity contribution in [3.05, 3.63) is 17.5 Å². The first kappa shape index (κ1) is 13.6. The van der Waals surface area contributed by atoms with E-state index in [2.05, 4.69) is 10.4 Å². The van der Waals surface area contributed by atoms with Crippen molar-refractivity contribution in [1.82, 2.24) is 20.0 Å². The van der Waals surface area contributed by atoms with Crippen LogP contribution in [0.3, 0.4) is 0 Å². The predicted molar refractivity (Wildman–Crippen MR) is 70.2 cm³/mol. The zero-order valence-corrected chi connectivity index (χ0v) is 11.6. The predicted octanol–water partition coefficient (Wildman–Crippen LogP) is 0.213. The molecule has 0 bridgehead atoms. The van der Waals surface area contributed by atoms with Crippen LogP contribution in [-0.2, 0) is 23.2 Å². The van der Waals surface area contributed by atoms with Gasteiger partial charge in [-0.25, -0.2) is 0 Å². The average molecular weight is 264 g/mol. The van der Waals surface area contributed by atoms with Gasteiger partial charge in [-0.1, -0.05) is 0 Å². The Morgan fingerprint density at radius 3 is 2.84 bits per heavy atom. The molecule has 0 radical (unpaired) electrons. The van der Waals surface area contributed by atoms with Crippen LogP contribution in [0, 0.1) is 12.8 Å². The zero-order chi connectivity index (χ0) is 14.0. The van der Waals surface area contributed by atoms with Crippen LogP contribution >= 0.6 is 0 Å². The molecule has 1 N–H and O–H groups in total. The normalized spacial score (nSPS) is 19.0. The summed E-state index contributed by atoms with van der Waals surface area (Å²) in [6, 6.07) is 1.94. The molecule has 1 atom stereocenters. The summed E-state index contributed by atoms with van der Waals surface area (Å²) in [4.78, 5) is 25.3. The number of likely N-dealkylation sites (tertiary alicyclic amines) is 1. The largest absolute Gasteiger partial charge is 0.350 e. The molecule has 1 fully saturated rings. The minimum absolute atomic E-state index is 0.0526. The highest BCUT2D eigenvalue weighted by molar-refractivity contribution is 5.89. The van der Waals surface area contributed by atoms with Gasteiger partial charge < -0.3 is 10.2 Å². The maximum atomic E-state index is 12.0. The van der Waals surface area contributed by atoms with Crippen molar-refractivity contribution in [3.8, 4) is 0 Å². The fourth-order valence-corrected chi connectivity index (χ4v) is 2.41. The SMILES string of the molecule is CCN1CC(C(=O)NCc2cc(C)nn2C)CC1=O. The van der Waals surface area contributed by atoms with E-state index in [1.165, 1.54) is 0 Å². The molecule has 2 heterocycles. The highest BCUT2D eigenvalue weighted by Crippen LogP contribution is 2.17. The van der Waals surface area contributed by atoms with E-state index in [0.717, 1.165) is 11.4 Å². The molecule has 0 spiro atoms. The van der Waals surface area contributed by atoms with E-state index in [-0.39, 0.29) is 17.7 Å². The molecular weight excluding hydrogens is 244 g/mol. The van der Waals surface area contributed by atoms with Crippen molar-refractivity contribution >= 4 is 11.8 Å². The van der Waals surface area contributed by atoms with Crippen LogP contribution in [0.2, 0.25) is 0 Å². The Labute approximate surface area is 112 Å². The van der Waals surface area contributed by atoms with Gasteiger partial charge in [0.05, 0.1) is 23.9 Å². The molecule has 2 rings (SSSR count). The summed E-state index contributed by atoms with van der Waals surface area (Å²) in [5.41, 5.74) is 1.89. The summed E-state index contributed by atoms with van der Waals surface area (Å²) in [5, 5.41) is 7.11. The third kappa shape index (κ3) is 2.94. The van der Waals surface area contributed by atoms with Crippen molar-refractivity contribution in [2.75, 3.05) is 13.1 Å². The first-order chi connectivity index (χ1) is 9.01. The molecular formula is C13H20N4O2. The Morgan fingerprint density at radius 2 is 2.32 bits per heavy atom. The van der Waals surface area contributed by atoms with Crippen molar-refractivity contribution in [2.45, 2.75) is 26.8 Å². The second-order valence-electron chi connectivity index (χ2n) is 4.95. The van der Waals surface area contributed by atoms with Crippen molar-refractivity contribution in [2.24, 2.45) is 13.0 Å². The summed E-state index contributed by atoms with van der Waals surface area (Å²) in [7, 11) is 1.85. The molecule has 0 aromatic carbocycles. The van der Waals surface area contributed by atoms with Gasteiger partial charge in [0.15, 0.2) is 0 Å². The van der Waals surface area contributed by atoms with E-state index >= 15 is 0 Å². The number of nitrogens with one attached hydrogen (secondary N) is 1. The quantitative estimate of drug-likeness (QED) is 0.845. The van der Waals surface area contributed by atoms with E-state index in [4.69, 9.17) is 0 Å². The number of aryl methyl sites for hydroxylation is 2. The Kier molecular flexibility index (Phi) is 3.87. The van der Waals surface area contributed by atoms with E-state index in [9.17, 15) is 9.59 Å². The first-order valence-corrected chi connectivity index (χ1v) is 6.56. The third-order valence-electron chi connectivity index (χ3n) is 3.51. The van der Waals surface area contributed by atoms with Gasteiger partial charge in [-0.3, -0.25) is 14.3 Å². The maximum Gasteiger partial charge on any atom is 0.225 e. The number of amides is 2. The molecule has 1 aliphatic rings. The molecule has 0 saturated carbocycles. The monoisotopic (exact) mass is 264 g/mol. The lowest BCUT2D eigenvalue weighted by molar-refractivity contribution is -0.128. The van der Waals surface area contributed by atoms with Crippen molar-refractivity contribution in [3.63, 3.8) is 0 Å². The standard InChI is InChI=1S/C13H20N4O2/c1-4-17-8-10(6-12(17)18)13(19)14-7-11-5-9(2)15-16(11)3/h5,10H,4,6-8H2,1-3H3,(H,14,19). The Balaban J connectivity index is 1.89. The molecule has 1 aromatic rings.